The fraction of sp³-hybridized carbons (Fsp3) is 0.238. The van der Waals surface area contributed by atoms with E-state index in [0.717, 1.165) is 24.2 Å². The van der Waals surface area contributed by atoms with E-state index < -0.39 is 0 Å². The second-order valence-corrected chi connectivity index (χ2v) is 6.91. The Bertz CT molecular complexity index is 839. The van der Waals surface area contributed by atoms with Crippen LogP contribution in [0.3, 0.4) is 0 Å². The molecule has 2 aromatic rings. The maximum Gasteiger partial charge on any atom is 0.270 e. The predicted octanol–water partition coefficient (Wildman–Crippen LogP) is 2.85. The number of nitrogens with zero attached hydrogens (tertiary/aromatic N) is 1. The fourth-order valence-electron chi connectivity index (χ4n) is 2.81. The molecule has 27 heavy (non-hydrogen) atoms. The zero-order valence-corrected chi connectivity index (χ0v) is 15.9. The molecule has 1 aliphatic heterocycles. The maximum absolute atomic E-state index is 13.0. The molecule has 1 aliphatic rings. The molecule has 1 saturated heterocycles. The topological polar surface area (TPSA) is 61.4 Å². The van der Waals surface area contributed by atoms with Crippen LogP contribution >= 0.6 is 11.6 Å². The van der Waals surface area contributed by atoms with E-state index in [-0.39, 0.29) is 17.5 Å². The molecule has 1 fully saturated rings. The van der Waals surface area contributed by atoms with Crippen LogP contribution in [0.25, 0.3) is 6.08 Å². The molecule has 0 saturated carbocycles. The number of carbonyl (C=O) groups excluding carboxylic acids is 2. The Morgan fingerprint density at radius 2 is 1.67 bits per heavy atom. The third-order valence-electron chi connectivity index (χ3n) is 4.38. The second kappa shape index (κ2) is 8.84. The molecular formula is C21H22ClN3O2. The first-order valence-electron chi connectivity index (χ1n) is 8.88. The molecule has 0 unspecified atom stereocenters. The molecule has 140 valence electrons. The van der Waals surface area contributed by atoms with Gasteiger partial charge in [-0.05, 0) is 42.8 Å². The van der Waals surface area contributed by atoms with E-state index in [0.29, 0.717) is 23.7 Å². The van der Waals surface area contributed by atoms with E-state index in [1.165, 1.54) is 0 Å². The summed E-state index contributed by atoms with van der Waals surface area (Å²) in [5, 5.41) is 6.63. The Kier molecular flexibility index (Phi) is 6.27. The molecule has 5 nitrogen and oxygen atoms in total. The molecule has 1 heterocycles. The summed E-state index contributed by atoms with van der Waals surface area (Å²) < 4.78 is 0. The van der Waals surface area contributed by atoms with Gasteiger partial charge in [0, 0.05) is 36.8 Å². The van der Waals surface area contributed by atoms with E-state index >= 15 is 0 Å². The molecule has 6 heteroatoms. The molecule has 2 amide bonds. The number of carbonyl (C=O) groups is 2. The lowest BCUT2D eigenvalue weighted by atomic mass is 10.1. The minimum absolute atomic E-state index is 0.188. The van der Waals surface area contributed by atoms with Crippen LogP contribution in [0.15, 0.2) is 54.2 Å². The minimum Gasteiger partial charge on any atom is -0.335 e. The van der Waals surface area contributed by atoms with Crippen molar-refractivity contribution in [2.45, 2.75) is 6.92 Å². The van der Waals surface area contributed by atoms with Crippen molar-refractivity contribution < 1.29 is 9.59 Å². The summed E-state index contributed by atoms with van der Waals surface area (Å²) in [6.45, 7) is 4.66. The highest BCUT2D eigenvalue weighted by atomic mass is 35.5. The van der Waals surface area contributed by atoms with Crippen LogP contribution < -0.4 is 10.6 Å². The van der Waals surface area contributed by atoms with E-state index in [9.17, 15) is 9.59 Å². The molecule has 0 aliphatic carbocycles. The van der Waals surface area contributed by atoms with Crippen LogP contribution in [-0.2, 0) is 4.79 Å². The van der Waals surface area contributed by atoms with E-state index in [1.807, 2.05) is 31.2 Å². The number of piperazine rings is 1. The van der Waals surface area contributed by atoms with E-state index in [1.54, 1.807) is 35.2 Å². The van der Waals surface area contributed by atoms with Gasteiger partial charge in [-0.2, -0.15) is 0 Å². The van der Waals surface area contributed by atoms with Gasteiger partial charge in [0.25, 0.3) is 11.8 Å². The molecule has 0 radical (unpaired) electrons. The van der Waals surface area contributed by atoms with Gasteiger partial charge in [-0.15, -0.1) is 0 Å². The molecule has 0 spiro atoms. The van der Waals surface area contributed by atoms with Crippen LogP contribution in [0.2, 0.25) is 5.02 Å². The molecule has 0 bridgehead atoms. The largest absolute Gasteiger partial charge is 0.335 e. The zero-order valence-electron chi connectivity index (χ0n) is 15.2. The van der Waals surface area contributed by atoms with Crippen molar-refractivity contribution in [1.82, 2.24) is 15.5 Å². The Morgan fingerprint density at radius 1 is 1.04 bits per heavy atom. The first-order valence-corrected chi connectivity index (χ1v) is 9.26. The maximum atomic E-state index is 13.0. The molecule has 3 rings (SSSR count). The van der Waals surface area contributed by atoms with E-state index in [4.69, 9.17) is 11.6 Å². The Labute approximate surface area is 164 Å². The number of amides is 2. The standard InChI is InChI=1S/C21H22ClN3O2/c1-15-2-6-17(7-3-15)20(26)24-19(14-16-4-8-18(22)9-5-16)21(27)25-12-10-23-11-13-25/h2-9,14,23H,10-13H2,1H3,(H,24,26)/b19-14+. The molecule has 2 N–H and O–H groups in total. The normalized spacial score (nSPS) is 14.7. The predicted molar refractivity (Wildman–Crippen MR) is 108 cm³/mol. The van der Waals surface area contributed by atoms with Gasteiger partial charge < -0.3 is 15.5 Å². The van der Waals surface area contributed by atoms with Gasteiger partial charge in [-0.25, -0.2) is 0 Å². The highest BCUT2D eigenvalue weighted by Crippen LogP contribution is 2.14. The van der Waals surface area contributed by atoms with Gasteiger partial charge >= 0.3 is 0 Å². The highest BCUT2D eigenvalue weighted by molar-refractivity contribution is 6.30. The quantitative estimate of drug-likeness (QED) is 0.798. The highest BCUT2D eigenvalue weighted by Gasteiger charge is 2.22. The van der Waals surface area contributed by atoms with E-state index in [2.05, 4.69) is 10.6 Å². The van der Waals surface area contributed by atoms with Gasteiger partial charge in [0.2, 0.25) is 0 Å². The number of aryl methyl sites for hydroxylation is 1. The van der Waals surface area contributed by atoms with Crippen molar-refractivity contribution in [3.8, 4) is 0 Å². The summed E-state index contributed by atoms with van der Waals surface area (Å²) in [4.78, 5) is 27.4. The molecule has 0 atom stereocenters. The average molecular weight is 384 g/mol. The first-order chi connectivity index (χ1) is 13.0. The Hall–Kier alpha value is -2.63. The lowest BCUT2D eigenvalue weighted by Crippen LogP contribution is -2.48. The summed E-state index contributed by atoms with van der Waals surface area (Å²) in [7, 11) is 0. The van der Waals surface area contributed by atoms with Crippen molar-refractivity contribution in [2.75, 3.05) is 26.2 Å². The van der Waals surface area contributed by atoms with Gasteiger partial charge in [-0.3, -0.25) is 9.59 Å². The van der Waals surface area contributed by atoms with Crippen molar-refractivity contribution in [3.05, 3.63) is 75.9 Å². The van der Waals surface area contributed by atoms with Gasteiger partial charge in [0.1, 0.15) is 5.70 Å². The molecular weight excluding hydrogens is 362 g/mol. The summed E-state index contributed by atoms with van der Waals surface area (Å²) in [6, 6.07) is 14.4. The number of hydrogen-bond donors (Lipinski definition) is 2. The van der Waals surface area contributed by atoms with Crippen LogP contribution in [0.1, 0.15) is 21.5 Å². The third-order valence-corrected chi connectivity index (χ3v) is 4.63. The number of halogens is 1. The van der Waals surface area contributed by atoms with Gasteiger partial charge in [0.05, 0.1) is 0 Å². The molecule has 0 aromatic heterocycles. The Morgan fingerprint density at radius 3 is 2.30 bits per heavy atom. The van der Waals surface area contributed by atoms with Crippen LogP contribution in [0.4, 0.5) is 0 Å². The third kappa shape index (κ3) is 5.18. The van der Waals surface area contributed by atoms with Crippen LogP contribution in [-0.4, -0.2) is 42.9 Å². The second-order valence-electron chi connectivity index (χ2n) is 6.47. The summed E-state index contributed by atoms with van der Waals surface area (Å²) in [6.07, 6.45) is 1.69. The lowest BCUT2D eigenvalue weighted by Gasteiger charge is -2.28. The number of rotatable bonds is 4. The monoisotopic (exact) mass is 383 g/mol. The minimum atomic E-state index is -0.307. The smallest absolute Gasteiger partial charge is 0.270 e. The first kappa shape index (κ1) is 19.1. The van der Waals surface area contributed by atoms with Crippen LogP contribution in [0.5, 0.6) is 0 Å². The summed E-state index contributed by atoms with van der Waals surface area (Å²) in [5.41, 5.74) is 2.63. The zero-order chi connectivity index (χ0) is 19.2. The van der Waals surface area contributed by atoms with Crippen LogP contribution in [0, 0.1) is 6.92 Å². The number of nitrogens with one attached hydrogen (secondary N) is 2. The summed E-state index contributed by atoms with van der Waals surface area (Å²) in [5.74, 6) is -0.495. The van der Waals surface area contributed by atoms with Gasteiger partial charge in [-0.1, -0.05) is 41.4 Å². The lowest BCUT2D eigenvalue weighted by molar-refractivity contribution is -0.127. The Balaban J connectivity index is 1.86. The van der Waals surface area contributed by atoms with Crippen molar-refractivity contribution in [3.63, 3.8) is 0 Å². The molecule has 2 aromatic carbocycles. The van der Waals surface area contributed by atoms with Crippen molar-refractivity contribution in [2.24, 2.45) is 0 Å². The van der Waals surface area contributed by atoms with Crippen molar-refractivity contribution in [1.29, 1.82) is 0 Å². The van der Waals surface area contributed by atoms with Crippen molar-refractivity contribution >= 4 is 29.5 Å². The van der Waals surface area contributed by atoms with Gasteiger partial charge in [0.15, 0.2) is 0 Å². The SMILES string of the molecule is Cc1ccc(C(=O)N/C(=C/c2ccc(Cl)cc2)C(=O)N2CCNCC2)cc1. The number of hydrogen-bond acceptors (Lipinski definition) is 3. The average Bonchev–Trinajstić information content (AvgIpc) is 2.69. The summed E-state index contributed by atoms with van der Waals surface area (Å²) >= 11 is 5.94. The number of benzene rings is 2. The fourth-order valence-corrected chi connectivity index (χ4v) is 2.94.